The first-order chi connectivity index (χ1) is 21.3. The molecule has 1 atom stereocenters. The molecule has 2 aromatic heterocycles. The van der Waals surface area contributed by atoms with Crippen LogP contribution in [0.25, 0.3) is 32.9 Å². The molecule has 0 spiro atoms. The summed E-state index contributed by atoms with van der Waals surface area (Å²) in [6.45, 7) is 4.15. The van der Waals surface area contributed by atoms with E-state index in [-0.39, 0.29) is 41.0 Å². The predicted octanol–water partition coefficient (Wildman–Crippen LogP) is 4.42. The minimum atomic E-state index is -2.07. The van der Waals surface area contributed by atoms with Crippen molar-refractivity contribution in [2.24, 2.45) is 0 Å². The Morgan fingerprint density at radius 1 is 0.932 bits per heavy atom. The van der Waals surface area contributed by atoms with Crippen LogP contribution in [0.1, 0.15) is 25.7 Å². The maximum absolute atomic E-state index is 16.7. The van der Waals surface area contributed by atoms with Crippen LogP contribution in [0.15, 0.2) is 12.1 Å². The molecule has 4 aliphatic rings. The number of fused-ring (bicyclic) bond motifs is 4. The number of hydrogen-bond acceptors (Lipinski definition) is 9. The number of aromatic nitrogens is 3. The van der Waals surface area contributed by atoms with Gasteiger partial charge in [0.25, 0.3) is 0 Å². The lowest BCUT2D eigenvalue weighted by Crippen LogP contribution is -2.53. The number of phenolic OH excluding ortho intramolecular Hbond substituents is 1. The molecule has 0 amide bonds. The zero-order valence-electron chi connectivity index (χ0n) is 23.4. The highest BCUT2D eigenvalue weighted by molar-refractivity contribution is 6.02. The van der Waals surface area contributed by atoms with E-state index in [0.717, 1.165) is 50.9 Å². The third-order valence-electron chi connectivity index (χ3n) is 9.44. The van der Waals surface area contributed by atoms with Crippen LogP contribution >= 0.6 is 0 Å². The van der Waals surface area contributed by atoms with Crippen LogP contribution in [0, 0.1) is 29.1 Å². The molecular weight excluding hydrogens is 587 g/mol. The van der Waals surface area contributed by atoms with Crippen LogP contribution in [0.4, 0.5) is 27.8 Å². The molecule has 44 heavy (non-hydrogen) atoms. The Morgan fingerprint density at radius 3 is 2.50 bits per heavy atom. The van der Waals surface area contributed by atoms with Gasteiger partial charge in [-0.05, 0) is 50.9 Å². The minimum absolute atomic E-state index is 0.0621. The van der Waals surface area contributed by atoms with Gasteiger partial charge in [-0.3, -0.25) is 4.90 Å². The van der Waals surface area contributed by atoms with E-state index in [0.29, 0.717) is 32.1 Å². The number of nitrogens with one attached hydrogen (secondary N) is 1. The number of piperazine rings is 1. The van der Waals surface area contributed by atoms with Gasteiger partial charge in [0.2, 0.25) is 5.88 Å². The van der Waals surface area contributed by atoms with E-state index in [1.807, 2.05) is 4.90 Å². The van der Waals surface area contributed by atoms with E-state index in [1.54, 1.807) is 0 Å². The molecule has 3 fully saturated rings. The van der Waals surface area contributed by atoms with Crippen molar-refractivity contribution in [1.82, 2.24) is 25.2 Å². The first kappa shape index (κ1) is 27.5. The number of phenols is 1. The molecule has 0 aliphatic carbocycles. The first-order valence-corrected chi connectivity index (χ1v) is 14.6. The van der Waals surface area contributed by atoms with Crippen molar-refractivity contribution in [3.63, 3.8) is 0 Å². The van der Waals surface area contributed by atoms with Gasteiger partial charge in [0.1, 0.15) is 41.4 Å². The second-order valence-electron chi connectivity index (χ2n) is 11.9. The number of nitrogens with zero attached hydrogens (tertiary/aromatic N) is 5. The Kier molecular flexibility index (Phi) is 6.25. The van der Waals surface area contributed by atoms with Crippen molar-refractivity contribution >= 4 is 27.5 Å². The standard InChI is InChI=1S/C30H27F5N6O3/c31-20-16-9-15(42)10-17(18(16)21(32)23(34)22(20)33)25-24(35)26-19-27(41-8-5-36-11-14(41)12-43-28(19)37-25)39-29(38-26)44-13-30-3-1-6-40(30)7-2-4-30/h9-10,14,36,42H,1-8,11-13H2/t14-/m0/s1. The normalized spacial score (nSPS) is 20.9. The molecular formula is C30H27F5N6O3. The van der Waals surface area contributed by atoms with Crippen LogP contribution < -0.4 is 19.7 Å². The smallest absolute Gasteiger partial charge is 0.319 e. The zero-order chi connectivity index (χ0) is 30.3. The van der Waals surface area contributed by atoms with Gasteiger partial charge in [-0.15, -0.1) is 0 Å². The van der Waals surface area contributed by atoms with Gasteiger partial charge < -0.3 is 24.8 Å². The van der Waals surface area contributed by atoms with Gasteiger partial charge in [0.15, 0.2) is 29.1 Å². The second-order valence-corrected chi connectivity index (χ2v) is 11.9. The molecule has 4 aliphatic heterocycles. The third-order valence-corrected chi connectivity index (χ3v) is 9.44. The highest BCUT2D eigenvalue weighted by Crippen LogP contribution is 2.44. The quantitative estimate of drug-likeness (QED) is 0.197. The van der Waals surface area contributed by atoms with Crippen LogP contribution in [-0.4, -0.2) is 82.5 Å². The van der Waals surface area contributed by atoms with E-state index < -0.39 is 56.9 Å². The van der Waals surface area contributed by atoms with Crippen LogP contribution in [0.2, 0.25) is 0 Å². The summed E-state index contributed by atoms with van der Waals surface area (Å²) in [5.41, 5.74) is -1.49. The topological polar surface area (TPSA) is 95.9 Å². The molecule has 0 bridgehead atoms. The molecule has 0 unspecified atom stereocenters. The fourth-order valence-electron chi connectivity index (χ4n) is 7.33. The largest absolute Gasteiger partial charge is 0.508 e. The van der Waals surface area contributed by atoms with Crippen molar-refractivity contribution in [2.75, 3.05) is 50.8 Å². The Bertz CT molecular complexity index is 1850. The molecule has 14 heteroatoms. The van der Waals surface area contributed by atoms with Gasteiger partial charge in [-0.1, -0.05) is 0 Å². The summed E-state index contributed by atoms with van der Waals surface area (Å²) >= 11 is 0. The van der Waals surface area contributed by atoms with Gasteiger partial charge in [0.05, 0.1) is 11.6 Å². The summed E-state index contributed by atoms with van der Waals surface area (Å²) in [5.74, 6) is -9.05. The molecule has 4 aromatic rings. The molecule has 2 N–H and O–H groups in total. The summed E-state index contributed by atoms with van der Waals surface area (Å²) in [6.07, 6.45) is 4.05. The maximum Gasteiger partial charge on any atom is 0.319 e. The maximum atomic E-state index is 16.7. The van der Waals surface area contributed by atoms with E-state index in [9.17, 15) is 18.3 Å². The average molecular weight is 615 g/mol. The summed E-state index contributed by atoms with van der Waals surface area (Å²) in [7, 11) is 0. The summed E-state index contributed by atoms with van der Waals surface area (Å²) in [5, 5.41) is 12.3. The molecule has 8 rings (SSSR count). The summed E-state index contributed by atoms with van der Waals surface area (Å²) in [6, 6.07) is 1.38. The monoisotopic (exact) mass is 614 g/mol. The molecule has 9 nitrogen and oxygen atoms in total. The number of hydrogen-bond donors (Lipinski definition) is 2. The number of aromatic hydroxyl groups is 1. The van der Waals surface area contributed by atoms with Crippen LogP contribution in [-0.2, 0) is 0 Å². The molecule has 0 saturated carbocycles. The highest BCUT2D eigenvalue weighted by Gasteiger charge is 2.45. The Balaban J connectivity index is 1.35. The van der Waals surface area contributed by atoms with Crippen molar-refractivity contribution in [1.29, 1.82) is 0 Å². The number of anilines is 1. The SMILES string of the molecule is Oc1cc(-c2nc3c4c(nc(OCC56CCCN5CCC6)nc4c2F)N2CCNC[C@H]2CO3)c2c(F)c(F)c(F)c(F)c2c1. The first-order valence-electron chi connectivity index (χ1n) is 14.6. The lowest BCUT2D eigenvalue weighted by atomic mass is 9.95. The molecule has 6 heterocycles. The second kappa shape index (κ2) is 9.99. The average Bonchev–Trinajstić information content (AvgIpc) is 3.57. The fraction of sp³-hybridized carbons (Fsp3) is 0.433. The molecule has 0 radical (unpaired) electrons. The Hall–Kier alpha value is -4.04. The van der Waals surface area contributed by atoms with E-state index >= 15 is 8.78 Å². The van der Waals surface area contributed by atoms with Crippen molar-refractivity contribution in [3.8, 4) is 28.9 Å². The molecule has 230 valence electrons. The third kappa shape index (κ3) is 3.99. The van der Waals surface area contributed by atoms with Crippen molar-refractivity contribution < 1.29 is 36.5 Å². The Morgan fingerprint density at radius 2 is 1.70 bits per heavy atom. The van der Waals surface area contributed by atoms with E-state index in [2.05, 4.69) is 20.2 Å². The van der Waals surface area contributed by atoms with Crippen LogP contribution in [0.5, 0.6) is 17.6 Å². The zero-order valence-corrected chi connectivity index (χ0v) is 23.4. The summed E-state index contributed by atoms with van der Waals surface area (Å²) < 4.78 is 87.4. The van der Waals surface area contributed by atoms with Crippen LogP contribution in [0.3, 0.4) is 0 Å². The minimum Gasteiger partial charge on any atom is -0.508 e. The Labute approximate surface area is 247 Å². The molecule has 2 aromatic carbocycles. The van der Waals surface area contributed by atoms with E-state index in [1.165, 1.54) is 0 Å². The molecule has 3 saturated heterocycles. The van der Waals surface area contributed by atoms with Gasteiger partial charge >= 0.3 is 6.01 Å². The van der Waals surface area contributed by atoms with Crippen molar-refractivity contribution in [2.45, 2.75) is 37.3 Å². The van der Waals surface area contributed by atoms with Gasteiger partial charge in [-0.25, -0.2) is 26.9 Å². The summed E-state index contributed by atoms with van der Waals surface area (Å²) in [4.78, 5) is 17.9. The highest BCUT2D eigenvalue weighted by atomic mass is 19.2. The van der Waals surface area contributed by atoms with Gasteiger partial charge in [0, 0.05) is 36.0 Å². The number of rotatable bonds is 4. The predicted molar refractivity (Wildman–Crippen MR) is 149 cm³/mol. The lowest BCUT2D eigenvalue weighted by Gasteiger charge is -2.35. The fourth-order valence-corrected chi connectivity index (χ4v) is 7.33. The van der Waals surface area contributed by atoms with Crippen molar-refractivity contribution in [3.05, 3.63) is 41.2 Å². The number of pyridine rings is 1. The lowest BCUT2D eigenvalue weighted by molar-refractivity contribution is 0.108. The number of halogens is 5. The van der Waals surface area contributed by atoms with E-state index in [4.69, 9.17) is 14.5 Å². The number of benzene rings is 2. The van der Waals surface area contributed by atoms with Gasteiger partial charge in [-0.2, -0.15) is 9.97 Å². The number of ether oxygens (including phenoxy) is 2.